The molecule has 2 aromatic rings. The lowest BCUT2D eigenvalue weighted by molar-refractivity contribution is 0.0904. The zero-order valence-corrected chi connectivity index (χ0v) is 10.9. The molecule has 4 heteroatoms. The van der Waals surface area contributed by atoms with Crippen LogP contribution in [0.4, 0.5) is 0 Å². The third kappa shape index (κ3) is 3.66. The predicted octanol–water partition coefficient (Wildman–Crippen LogP) is 2.95. The van der Waals surface area contributed by atoms with Gasteiger partial charge in [-0.05, 0) is 24.3 Å². The van der Waals surface area contributed by atoms with Crippen LogP contribution in [0.15, 0.2) is 54.6 Å². The highest BCUT2D eigenvalue weighted by atomic mass is 35.5. The minimum atomic E-state index is -0.268. The smallest absolute Gasteiger partial charge is 0.251 e. The normalized spacial score (nSPS) is 9.95. The van der Waals surface area contributed by atoms with Crippen molar-refractivity contribution >= 4 is 23.3 Å². The van der Waals surface area contributed by atoms with Gasteiger partial charge in [-0.15, -0.1) is 0 Å². The summed E-state index contributed by atoms with van der Waals surface area (Å²) in [4.78, 5) is 23.6. The molecule has 0 heterocycles. The molecule has 0 saturated heterocycles. The van der Waals surface area contributed by atoms with Crippen LogP contribution < -0.4 is 5.32 Å². The average molecular weight is 274 g/mol. The van der Waals surface area contributed by atoms with E-state index >= 15 is 0 Å². The van der Waals surface area contributed by atoms with E-state index in [4.69, 9.17) is 11.6 Å². The fourth-order valence-corrected chi connectivity index (χ4v) is 1.81. The molecule has 2 rings (SSSR count). The zero-order valence-electron chi connectivity index (χ0n) is 10.1. The molecule has 1 N–H and O–H groups in total. The number of benzene rings is 2. The first-order valence-corrected chi connectivity index (χ1v) is 6.16. The van der Waals surface area contributed by atoms with Crippen LogP contribution in [0.2, 0.25) is 5.02 Å². The van der Waals surface area contributed by atoms with Gasteiger partial charge in [-0.3, -0.25) is 9.59 Å². The number of carbonyl (C=O) groups is 2. The van der Waals surface area contributed by atoms with Gasteiger partial charge in [0.05, 0.1) is 6.54 Å². The van der Waals surface area contributed by atoms with Crippen molar-refractivity contribution in [3.63, 3.8) is 0 Å². The molecule has 0 bridgehead atoms. The molecule has 96 valence electrons. The van der Waals surface area contributed by atoms with Crippen molar-refractivity contribution in [2.24, 2.45) is 0 Å². The van der Waals surface area contributed by atoms with Crippen LogP contribution >= 0.6 is 11.6 Å². The summed E-state index contributed by atoms with van der Waals surface area (Å²) in [5.74, 6) is -0.442. The summed E-state index contributed by atoms with van der Waals surface area (Å²) in [6.45, 7) is -0.0475. The van der Waals surface area contributed by atoms with Gasteiger partial charge in [-0.25, -0.2) is 0 Å². The second-order valence-electron chi connectivity index (χ2n) is 3.98. The Hall–Kier alpha value is -2.13. The summed E-state index contributed by atoms with van der Waals surface area (Å²) >= 11 is 5.81. The van der Waals surface area contributed by atoms with E-state index in [-0.39, 0.29) is 18.2 Å². The Bertz CT molecular complexity index is 596. The largest absolute Gasteiger partial charge is 0.345 e. The van der Waals surface area contributed by atoms with Crippen molar-refractivity contribution in [2.75, 3.05) is 6.54 Å². The second kappa shape index (κ2) is 6.16. The van der Waals surface area contributed by atoms with Crippen LogP contribution in [0.5, 0.6) is 0 Å². The van der Waals surface area contributed by atoms with Gasteiger partial charge in [0.25, 0.3) is 5.91 Å². The van der Waals surface area contributed by atoms with Gasteiger partial charge >= 0.3 is 0 Å². The van der Waals surface area contributed by atoms with Gasteiger partial charge in [0.2, 0.25) is 0 Å². The summed E-state index contributed by atoms with van der Waals surface area (Å²) in [7, 11) is 0. The molecule has 19 heavy (non-hydrogen) atoms. The van der Waals surface area contributed by atoms with Gasteiger partial charge < -0.3 is 5.32 Å². The molecule has 0 fully saturated rings. The summed E-state index contributed by atoms with van der Waals surface area (Å²) in [5.41, 5.74) is 1.02. The molecule has 0 aliphatic carbocycles. The summed E-state index contributed by atoms with van der Waals surface area (Å²) in [6, 6.07) is 15.4. The topological polar surface area (TPSA) is 46.2 Å². The molecule has 0 unspecified atom stereocenters. The zero-order chi connectivity index (χ0) is 13.7. The molecule has 0 aliphatic heterocycles. The van der Waals surface area contributed by atoms with Crippen molar-refractivity contribution in [1.29, 1.82) is 0 Å². The lowest BCUT2D eigenvalue weighted by atomic mass is 10.1. The van der Waals surface area contributed by atoms with Crippen molar-refractivity contribution in [2.45, 2.75) is 0 Å². The molecule has 0 aliphatic rings. The van der Waals surface area contributed by atoms with Crippen LogP contribution in [0.3, 0.4) is 0 Å². The summed E-state index contributed by atoms with van der Waals surface area (Å²) in [5, 5.41) is 3.09. The quantitative estimate of drug-likeness (QED) is 0.871. The number of amides is 1. The van der Waals surface area contributed by atoms with Crippen molar-refractivity contribution < 1.29 is 9.59 Å². The van der Waals surface area contributed by atoms with Crippen LogP contribution in [-0.4, -0.2) is 18.2 Å². The highest BCUT2D eigenvalue weighted by molar-refractivity contribution is 6.31. The van der Waals surface area contributed by atoms with E-state index in [1.807, 2.05) is 6.07 Å². The minimum absolute atomic E-state index is 0.0475. The van der Waals surface area contributed by atoms with Gasteiger partial charge in [0.1, 0.15) is 0 Å². The van der Waals surface area contributed by atoms with Gasteiger partial charge in [-0.2, -0.15) is 0 Å². The maximum atomic E-state index is 11.9. The third-order valence-electron chi connectivity index (χ3n) is 2.59. The SMILES string of the molecule is O=C(CNC(=O)c1ccccc1)c1cccc(Cl)c1. The molecule has 2 aromatic carbocycles. The Labute approximate surface area is 116 Å². The van der Waals surface area contributed by atoms with E-state index in [0.29, 0.717) is 16.1 Å². The van der Waals surface area contributed by atoms with Crippen molar-refractivity contribution in [3.8, 4) is 0 Å². The Balaban J connectivity index is 1.96. The third-order valence-corrected chi connectivity index (χ3v) is 2.83. The number of Topliss-reactive ketones (excluding diaryl/α,β-unsaturated/α-hetero) is 1. The standard InChI is InChI=1S/C15H12ClNO2/c16-13-8-4-7-12(9-13)14(18)10-17-15(19)11-5-2-1-3-6-11/h1-9H,10H2,(H,17,19). The fourth-order valence-electron chi connectivity index (χ4n) is 1.62. The van der Waals surface area contributed by atoms with Crippen LogP contribution in [-0.2, 0) is 0 Å². The number of halogens is 1. The lowest BCUT2D eigenvalue weighted by Gasteiger charge is -2.05. The van der Waals surface area contributed by atoms with E-state index in [2.05, 4.69) is 5.32 Å². The van der Waals surface area contributed by atoms with Crippen molar-refractivity contribution in [1.82, 2.24) is 5.32 Å². The first kappa shape index (κ1) is 13.3. The first-order chi connectivity index (χ1) is 9.16. The Kier molecular flexibility index (Phi) is 4.31. The van der Waals surface area contributed by atoms with Crippen LogP contribution in [0, 0.1) is 0 Å². The number of nitrogens with one attached hydrogen (secondary N) is 1. The Morgan fingerprint density at radius 1 is 0.947 bits per heavy atom. The van der Waals surface area contributed by atoms with Gasteiger partial charge in [-0.1, -0.05) is 41.9 Å². The summed E-state index contributed by atoms with van der Waals surface area (Å²) < 4.78 is 0. The van der Waals surface area contributed by atoms with E-state index < -0.39 is 0 Å². The highest BCUT2D eigenvalue weighted by Crippen LogP contribution is 2.10. The number of rotatable bonds is 4. The lowest BCUT2D eigenvalue weighted by Crippen LogP contribution is -2.29. The van der Waals surface area contributed by atoms with Gasteiger partial charge in [0, 0.05) is 16.1 Å². The van der Waals surface area contributed by atoms with Crippen LogP contribution in [0.25, 0.3) is 0 Å². The maximum absolute atomic E-state index is 11.9. The monoisotopic (exact) mass is 273 g/mol. The molecular formula is C15H12ClNO2. The highest BCUT2D eigenvalue weighted by Gasteiger charge is 2.09. The minimum Gasteiger partial charge on any atom is -0.345 e. The predicted molar refractivity (Wildman–Crippen MR) is 74.6 cm³/mol. The molecule has 0 radical (unpaired) electrons. The molecule has 0 aromatic heterocycles. The second-order valence-corrected chi connectivity index (χ2v) is 4.42. The van der Waals surface area contributed by atoms with E-state index in [1.54, 1.807) is 48.5 Å². The number of hydrogen-bond acceptors (Lipinski definition) is 2. The number of ketones is 1. The molecule has 0 spiro atoms. The Morgan fingerprint density at radius 3 is 2.32 bits per heavy atom. The average Bonchev–Trinajstić information content (AvgIpc) is 2.45. The number of carbonyl (C=O) groups excluding carboxylic acids is 2. The summed E-state index contributed by atoms with van der Waals surface area (Å²) in [6.07, 6.45) is 0. The fraction of sp³-hybridized carbons (Fsp3) is 0.0667. The molecule has 3 nitrogen and oxygen atoms in total. The Morgan fingerprint density at radius 2 is 1.63 bits per heavy atom. The molecule has 1 amide bonds. The molecule has 0 atom stereocenters. The van der Waals surface area contributed by atoms with E-state index in [9.17, 15) is 9.59 Å². The van der Waals surface area contributed by atoms with Crippen molar-refractivity contribution in [3.05, 3.63) is 70.7 Å². The van der Waals surface area contributed by atoms with E-state index in [1.165, 1.54) is 0 Å². The first-order valence-electron chi connectivity index (χ1n) is 5.79. The van der Waals surface area contributed by atoms with Crippen LogP contribution in [0.1, 0.15) is 20.7 Å². The molecular weight excluding hydrogens is 262 g/mol. The van der Waals surface area contributed by atoms with Gasteiger partial charge in [0.15, 0.2) is 5.78 Å². The maximum Gasteiger partial charge on any atom is 0.251 e. The number of hydrogen-bond donors (Lipinski definition) is 1. The van der Waals surface area contributed by atoms with E-state index in [0.717, 1.165) is 0 Å². The molecule has 0 saturated carbocycles.